The Morgan fingerprint density at radius 1 is 0.867 bits per heavy atom. The predicted octanol–water partition coefficient (Wildman–Crippen LogP) is 5.88. The highest BCUT2D eigenvalue weighted by molar-refractivity contribution is 7.09. The van der Waals surface area contributed by atoms with Gasteiger partial charge in [0.1, 0.15) is 0 Å². The van der Waals surface area contributed by atoms with Crippen LogP contribution in [0.5, 0.6) is 0 Å². The van der Waals surface area contributed by atoms with Gasteiger partial charge in [-0.3, -0.25) is 9.78 Å². The zero-order chi connectivity index (χ0) is 20.3. The van der Waals surface area contributed by atoms with Crippen molar-refractivity contribution in [2.45, 2.75) is 25.8 Å². The number of rotatable bonds is 5. The van der Waals surface area contributed by atoms with E-state index in [1.54, 1.807) is 11.3 Å². The Labute approximate surface area is 180 Å². The second-order valence-corrected chi connectivity index (χ2v) is 8.58. The zero-order valence-electron chi connectivity index (χ0n) is 16.6. The Morgan fingerprint density at radius 2 is 1.67 bits per heavy atom. The number of hydrogen-bond donors (Lipinski definition) is 0. The van der Waals surface area contributed by atoms with E-state index >= 15 is 0 Å². The molecule has 2 heterocycles. The summed E-state index contributed by atoms with van der Waals surface area (Å²) in [4.78, 5) is 20.3. The maximum Gasteiger partial charge on any atom is 0.227 e. The highest BCUT2D eigenvalue weighted by Gasteiger charge is 2.26. The molecule has 1 aromatic heterocycles. The minimum absolute atomic E-state index is 0.200. The first-order chi connectivity index (χ1) is 14.8. The summed E-state index contributed by atoms with van der Waals surface area (Å²) in [5.74, 6) is 0.200. The molecule has 0 saturated heterocycles. The molecule has 0 fully saturated rings. The van der Waals surface area contributed by atoms with Crippen molar-refractivity contribution in [3.05, 3.63) is 106 Å². The molecule has 148 valence electrons. The lowest BCUT2D eigenvalue weighted by atomic mass is 9.95. The van der Waals surface area contributed by atoms with Crippen molar-refractivity contribution in [1.82, 2.24) is 4.98 Å². The quantitative estimate of drug-likeness (QED) is 0.412. The van der Waals surface area contributed by atoms with Gasteiger partial charge in [0.05, 0.1) is 17.7 Å². The molecule has 1 amide bonds. The van der Waals surface area contributed by atoms with Crippen LogP contribution in [0.1, 0.15) is 28.0 Å². The van der Waals surface area contributed by atoms with Crippen LogP contribution in [0.3, 0.4) is 0 Å². The third-order valence-corrected chi connectivity index (χ3v) is 6.41. The molecule has 0 spiro atoms. The number of hydrogen-bond acceptors (Lipinski definition) is 3. The van der Waals surface area contributed by atoms with E-state index in [-0.39, 0.29) is 5.91 Å². The van der Waals surface area contributed by atoms with E-state index in [0.717, 1.165) is 24.1 Å². The summed E-state index contributed by atoms with van der Waals surface area (Å²) in [7, 11) is 0. The molecular formula is C26H22N2OS. The molecule has 3 aromatic carbocycles. The fourth-order valence-electron chi connectivity index (χ4n) is 4.14. The van der Waals surface area contributed by atoms with Crippen molar-refractivity contribution < 1.29 is 4.79 Å². The second kappa shape index (κ2) is 8.25. The molecule has 0 saturated carbocycles. The maximum absolute atomic E-state index is 12.9. The summed E-state index contributed by atoms with van der Waals surface area (Å²) in [6.45, 7) is 0.598. The van der Waals surface area contributed by atoms with E-state index in [1.165, 1.54) is 27.1 Å². The summed E-state index contributed by atoms with van der Waals surface area (Å²) in [5, 5.41) is 0. The third kappa shape index (κ3) is 3.79. The lowest BCUT2D eigenvalue weighted by molar-refractivity contribution is -0.119. The van der Waals surface area contributed by atoms with Crippen LogP contribution < -0.4 is 4.90 Å². The van der Waals surface area contributed by atoms with Gasteiger partial charge in [-0.05, 0) is 34.2 Å². The number of thiazole rings is 1. The van der Waals surface area contributed by atoms with Gasteiger partial charge in [-0.25, -0.2) is 0 Å². The molecule has 30 heavy (non-hydrogen) atoms. The van der Waals surface area contributed by atoms with E-state index in [9.17, 15) is 4.79 Å². The van der Waals surface area contributed by atoms with Crippen LogP contribution in [0.15, 0.2) is 84.5 Å². The molecular weight excluding hydrogens is 388 g/mol. The summed E-state index contributed by atoms with van der Waals surface area (Å²) >= 11 is 1.66. The first-order valence-electron chi connectivity index (χ1n) is 10.2. The lowest BCUT2D eigenvalue weighted by Gasteiger charge is -2.32. The molecule has 0 unspecified atom stereocenters. The van der Waals surface area contributed by atoms with Crippen molar-refractivity contribution in [2.24, 2.45) is 0 Å². The molecule has 1 aliphatic heterocycles. The van der Waals surface area contributed by atoms with E-state index in [4.69, 9.17) is 0 Å². The number of anilines is 1. The van der Waals surface area contributed by atoms with Gasteiger partial charge < -0.3 is 4.90 Å². The van der Waals surface area contributed by atoms with E-state index in [1.807, 2.05) is 22.7 Å². The largest absolute Gasteiger partial charge is 0.307 e. The highest BCUT2D eigenvalue weighted by atomic mass is 32.1. The first-order valence-corrected chi connectivity index (χ1v) is 11.1. The van der Waals surface area contributed by atoms with Gasteiger partial charge in [0.25, 0.3) is 0 Å². The molecule has 0 bridgehead atoms. The molecule has 0 N–H and O–H groups in total. The van der Waals surface area contributed by atoms with Gasteiger partial charge in [-0.1, -0.05) is 72.8 Å². The molecule has 3 nitrogen and oxygen atoms in total. The Hall–Kier alpha value is -3.24. The normalized spacial score (nSPS) is 13.3. The lowest BCUT2D eigenvalue weighted by Crippen LogP contribution is -2.35. The maximum atomic E-state index is 12.9. The number of nitrogens with zero attached hydrogens (tertiary/aromatic N) is 2. The van der Waals surface area contributed by atoms with Gasteiger partial charge in [0, 0.05) is 23.9 Å². The average Bonchev–Trinajstić information content (AvgIpc) is 3.30. The number of fused-ring (bicyclic) bond motifs is 1. The van der Waals surface area contributed by atoms with Crippen molar-refractivity contribution in [3.63, 3.8) is 0 Å². The average molecular weight is 411 g/mol. The molecule has 0 radical (unpaired) electrons. The summed E-state index contributed by atoms with van der Waals surface area (Å²) in [6, 6.07) is 25.3. The standard InChI is InChI=1S/C26H22N2OS/c29-25-14-13-22-7-4-8-23(15-24-16-27-18-30-24)26(22)28(25)17-19-9-11-21(12-10-19)20-5-2-1-3-6-20/h1-12,16,18H,13-15,17H2. The Bertz CT molecular complexity index is 1150. The van der Waals surface area contributed by atoms with Crippen molar-refractivity contribution >= 4 is 22.9 Å². The monoisotopic (exact) mass is 410 g/mol. The smallest absolute Gasteiger partial charge is 0.227 e. The Kier molecular flexibility index (Phi) is 5.16. The highest BCUT2D eigenvalue weighted by Crippen LogP contribution is 2.34. The van der Waals surface area contributed by atoms with Crippen LogP contribution in [-0.4, -0.2) is 10.9 Å². The minimum Gasteiger partial charge on any atom is -0.307 e. The van der Waals surface area contributed by atoms with E-state index in [2.05, 4.69) is 71.7 Å². The molecule has 4 aromatic rings. The molecule has 5 rings (SSSR count). The SMILES string of the molecule is O=C1CCc2cccc(Cc3cncs3)c2N1Cc1ccc(-c2ccccc2)cc1. The number of carbonyl (C=O) groups excluding carboxylic acids is 1. The fraction of sp³-hybridized carbons (Fsp3) is 0.154. The van der Waals surface area contributed by atoms with Crippen LogP contribution in [0, 0.1) is 0 Å². The zero-order valence-corrected chi connectivity index (χ0v) is 17.4. The molecule has 1 aliphatic rings. The van der Waals surface area contributed by atoms with Crippen molar-refractivity contribution in [2.75, 3.05) is 4.90 Å². The minimum atomic E-state index is 0.200. The van der Waals surface area contributed by atoms with Crippen LogP contribution in [-0.2, 0) is 24.2 Å². The summed E-state index contributed by atoms with van der Waals surface area (Å²) < 4.78 is 0. The van der Waals surface area contributed by atoms with Gasteiger partial charge in [0.15, 0.2) is 0 Å². The number of benzene rings is 3. The first kappa shape index (κ1) is 18.8. The number of para-hydroxylation sites is 1. The van der Waals surface area contributed by atoms with Gasteiger partial charge in [-0.15, -0.1) is 11.3 Å². The third-order valence-electron chi connectivity index (χ3n) is 5.63. The van der Waals surface area contributed by atoms with Crippen LogP contribution in [0.2, 0.25) is 0 Å². The van der Waals surface area contributed by atoms with Crippen molar-refractivity contribution in [1.29, 1.82) is 0 Å². The molecule has 0 atom stereocenters. The van der Waals surface area contributed by atoms with Gasteiger partial charge in [-0.2, -0.15) is 0 Å². The van der Waals surface area contributed by atoms with Crippen LogP contribution in [0.4, 0.5) is 5.69 Å². The van der Waals surface area contributed by atoms with Gasteiger partial charge >= 0.3 is 0 Å². The molecule has 0 aliphatic carbocycles. The number of carbonyl (C=O) groups is 1. The summed E-state index contributed by atoms with van der Waals surface area (Å²) in [5.41, 5.74) is 8.95. The van der Waals surface area contributed by atoms with Gasteiger partial charge in [0.2, 0.25) is 5.91 Å². The number of aryl methyl sites for hydroxylation is 1. The Balaban J connectivity index is 1.45. The summed E-state index contributed by atoms with van der Waals surface area (Å²) in [6.07, 6.45) is 4.11. The number of aromatic nitrogens is 1. The van der Waals surface area contributed by atoms with Crippen LogP contribution in [0.25, 0.3) is 11.1 Å². The topological polar surface area (TPSA) is 33.2 Å². The Morgan fingerprint density at radius 3 is 2.43 bits per heavy atom. The molecule has 4 heteroatoms. The fourth-order valence-corrected chi connectivity index (χ4v) is 4.75. The second-order valence-electron chi connectivity index (χ2n) is 7.61. The van der Waals surface area contributed by atoms with E-state index < -0.39 is 0 Å². The van der Waals surface area contributed by atoms with E-state index in [0.29, 0.717) is 13.0 Å². The van der Waals surface area contributed by atoms with Crippen molar-refractivity contribution in [3.8, 4) is 11.1 Å². The van der Waals surface area contributed by atoms with Crippen LogP contribution >= 0.6 is 11.3 Å². The predicted molar refractivity (Wildman–Crippen MR) is 123 cm³/mol. The number of amides is 1.